The molecule has 120 valence electrons. The summed E-state index contributed by atoms with van der Waals surface area (Å²) in [6.45, 7) is 6.72. The lowest BCUT2D eigenvalue weighted by atomic mass is 9.85. The van der Waals surface area contributed by atoms with Gasteiger partial charge >= 0.3 is 0 Å². The van der Waals surface area contributed by atoms with Crippen molar-refractivity contribution in [3.8, 4) is 11.1 Å². The van der Waals surface area contributed by atoms with Crippen LogP contribution in [0.3, 0.4) is 0 Å². The Labute approximate surface area is 146 Å². The lowest BCUT2D eigenvalue weighted by Gasteiger charge is -2.21. The Morgan fingerprint density at radius 1 is 0.792 bits per heavy atom. The molecule has 3 aromatic carbocycles. The summed E-state index contributed by atoms with van der Waals surface area (Å²) in [5, 5.41) is 2.64. The molecule has 1 heterocycles. The van der Waals surface area contributed by atoms with Crippen molar-refractivity contribution in [3.63, 3.8) is 0 Å². The van der Waals surface area contributed by atoms with E-state index in [4.69, 9.17) is 5.73 Å². The molecular weight excluding hydrogens is 310 g/mol. The molecule has 2 N–H and O–H groups in total. The lowest BCUT2D eigenvalue weighted by Crippen LogP contribution is -2.11. The van der Waals surface area contributed by atoms with Gasteiger partial charge in [-0.1, -0.05) is 63.2 Å². The summed E-state index contributed by atoms with van der Waals surface area (Å²) in [5.74, 6) is 0. The van der Waals surface area contributed by atoms with Crippen molar-refractivity contribution in [1.82, 2.24) is 0 Å². The van der Waals surface area contributed by atoms with Crippen molar-refractivity contribution in [1.29, 1.82) is 0 Å². The third-order valence-electron chi connectivity index (χ3n) is 4.61. The van der Waals surface area contributed by atoms with Crippen LogP contribution in [0.25, 0.3) is 31.3 Å². The summed E-state index contributed by atoms with van der Waals surface area (Å²) >= 11 is 1.85. The molecule has 0 amide bonds. The highest BCUT2D eigenvalue weighted by Gasteiger charge is 2.17. The van der Waals surface area contributed by atoms with Gasteiger partial charge in [0, 0.05) is 37.0 Å². The van der Waals surface area contributed by atoms with E-state index >= 15 is 0 Å². The number of fused-ring (bicyclic) bond motifs is 3. The maximum atomic E-state index is 6.35. The van der Waals surface area contributed by atoms with E-state index in [1.165, 1.54) is 31.3 Å². The highest BCUT2D eigenvalue weighted by atomic mass is 32.1. The number of benzene rings is 3. The standard InChI is InChI=1S/C22H21NS/c1-22(2,3)14-11-12-19(23)18(13-14)17-9-6-8-16-15-7-4-5-10-20(15)24-21(16)17/h4-13H,23H2,1-3H3. The van der Waals surface area contributed by atoms with Crippen molar-refractivity contribution in [2.45, 2.75) is 26.2 Å². The molecule has 0 saturated heterocycles. The maximum absolute atomic E-state index is 6.35. The second-order valence-electron chi connectivity index (χ2n) is 7.33. The van der Waals surface area contributed by atoms with Crippen LogP contribution in [0.15, 0.2) is 60.7 Å². The van der Waals surface area contributed by atoms with E-state index in [9.17, 15) is 0 Å². The van der Waals surface area contributed by atoms with Gasteiger partial charge in [-0.2, -0.15) is 0 Å². The Morgan fingerprint density at radius 2 is 1.54 bits per heavy atom. The van der Waals surface area contributed by atoms with Crippen molar-refractivity contribution >= 4 is 37.2 Å². The quantitative estimate of drug-likeness (QED) is 0.391. The number of nitrogen functional groups attached to an aromatic ring is 1. The first-order valence-electron chi connectivity index (χ1n) is 8.26. The van der Waals surface area contributed by atoms with E-state index in [1.807, 2.05) is 17.4 Å². The fraction of sp³-hybridized carbons (Fsp3) is 0.182. The summed E-state index contributed by atoms with van der Waals surface area (Å²) in [6, 6.07) is 21.6. The predicted molar refractivity (Wildman–Crippen MR) is 108 cm³/mol. The van der Waals surface area contributed by atoms with E-state index in [0.717, 1.165) is 11.3 Å². The SMILES string of the molecule is CC(C)(C)c1ccc(N)c(-c2cccc3c2sc2ccccc23)c1. The molecule has 0 saturated carbocycles. The Bertz CT molecular complexity index is 1050. The Kier molecular flexibility index (Phi) is 3.40. The van der Waals surface area contributed by atoms with Gasteiger partial charge < -0.3 is 5.73 Å². The zero-order valence-electron chi connectivity index (χ0n) is 14.3. The predicted octanol–water partition coefficient (Wildman–Crippen LogP) is 6.60. The second-order valence-corrected chi connectivity index (χ2v) is 8.38. The summed E-state index contributed by atoms with van der Waals surface area (Å²) in [4.78, 5) is 0. The van der Waals surface area contributed by atoms with E-state index in [0.29, 0.717) is 0 Å². The van der Waals surface area contributed by atoms with Gasteiger partial charge in [0.25, 0.3) is 0 Å². The van der Waals surface area contributed by atoms with Crippen LogP contribution in [0.2, 0.25) is 0 Å². The molecule has 0 atom stereocenters. The molecule has 4 aromatic rings. The van der Waals surface area contributed by atoms with Gasteiger partial charge in [0.1, 0.15) is 0 Å². The zero-order valence-corrected chi connectivity index (χ0v) is 15.1. The molecule has 0 spiro atoms. The highest BCUT2D eigenvalue weighted by molar-refractivity contribution is 7.26. The lowest BCUT2D eigenvalue weighted by molar-refractivity contribution is 0.590. The zero-order chi connectivity index (χ0) is 16.9. The minimum atomic E-state index is 0.108. The molecule has 4 rings (SSSR count). The molecule has 0 aliphatic carbocycles. The smallest absolute Gasteiger partial charge is 0.0434 e. The van der Waals surface area contributed by atoms with Gasteiger partial charge in [-0.05, 0) is 29.2 Å². The molecule has 0 unspecified atom stereocenters. The molecule has 0 bridgehead atoms. The third-order valence-corrected chi connectivity index (χ3v) is 5.83. The van der Waals surface area contributed by atoms with Crippen LogP contribution in [0.1, 0.15) is 26.3 Å². The first-order chi connectivity index (χ1) is 11.4. The average molecular weight is 331 g/mol. The molecule has 0 radical (unpaired) electrons. The van der Waals surface area contributed by atoms with E-state index in [-0.39, 0.29) is 5.41 Å². The van der Waals surface area contributed by atoms with Crippen molar-refractivity contribution in [2.24, 2.45) is 0 Å². The van der Waals surface area contributed by atoms with Gasteiger partial charge in [-0.25, -0.2) is 0 Å². The average Bonchev–Trinajstić information content (AvgIpc) is 2.93. The number of hydrogen-bond acceptors (Lipinski definition) is 2. The molecule has 24 heavy (non-hydrogen) atoms. The fourth-order valence-corrected chi connectivity index (χ4v) is 4.45. The Morgan fingerprint density at radius 3 is 2.33 bits per heavy atom. The van der Waals surface area contributed by atoms with Crippen molar-refractivity contribution in [3.05, 3.63) is 66.2 Å². The number of hydrogen-bond donors (Lipinski definition) is 1. The number of rotatable bonds is 1. The molecule has 1 nitrogen and oxygen atoms in total. The van der Waals surface area contributed by atoms with Crippen LogP contribution in [-0.2, 0) is 5.41 Å². The van der Waals surface area contributed by atoms with E-state index < -0.39 is 0 Å². The molecule has 0 aliphatic rings. The van der Waals surface area contributed by atoms with Crippen LogP contribution >= 0.6 is 11.3 Å². The van der Waals surface area contributed by atoms with Gasteiger partial charge in [-0.3, -0.25) is 0 Å². The first kappa shape index (κ1) is 15.2. The topological polar surface area (TPSA) is 26.0 Å². The summed E-state index contributed by atoms with van der Waals surface area (Å²) in [6.07, 6.45) is 0. The van der Waals surface area contributed by atoms with Crippen LogP contribution in [0.5, 0.6) is 0 Å². The summed E-state index contributed by atoms with van der Waals surface area (Å²) < 4.78 is 2.64. The minimum absolute atomic E-state index is 0.108. The van der Waals surface area contributed by atoms with Gasteiger partial charge in [0.05, 0.1) is 0 Å². The molecule has 0 fully saturated rings. The van der Waals surface area contributed by atoms with Gasteiger partial charge in [0.2, 0.25) is 0 Å². The van der Waals surface area contributed by atoms with Crippen LogP contribution < -0.4 is 5.73 Å². The first-order valence-corrected chi connectivity index (χ1v) is 9.07. The van der Waals surface area contributed by atoms with Crippen LogP contribution in [0, 0.1) is 0 Å². The van der Waals surface area contributed by atoms with Gasteiger partial charge in [0.15, 0.2) is 0 Å². The minimum Gasteiger partial charge on any atom is -0.398 e. The monoisotopic (exact) mass is 331 g/mol. The third kappa shape index (κ3) is 2.38. The Balaban J connectivity index is 2.04. The van der Waals surface area contributed by atoms with E-state index in [2.05, 4.69) is 75.4 Å². The summed E-state index contributed by atoms with van der Waals surface area (Å²) in [7, 11) is 0. The van der Waals surface area contributed by atoms with Crippen LogP contribution in [-0.4, -0.2) is 0 Å². The van der Waals surface area contributed by atoms with Crippen molar-refractivity contribution < 1.29 is 0 Å². The Hall–Kier alpha value is -2.32. The normalized spacial score (nSPS) is 12.1. The number of anilines is 1. The molecule has 0 aliphatic heterocycles. The van der Waals surface area contributed by atoms with Crippen LogP contribution in [0.4, 0.5) is 5.69 Å². The molecular formula is C22H21NS. The van der Waals surface area contributed by atoms with E-state index in [1.54, 1.807) is 0 Å². The molecule has 2 heteroatoms. The number of nitrogens with two attached hydrogens (primary N) is 1. The van der Waals surface area contributed by atoms with Crippen molar-refractivity contribution in [2.75, 3.05) is 5.73 Å². The number of thiophene rings is 1. The molecule has 1 aromatic heterocycles. The summed E-state index contributed by atoms with van der Waals surface area (Å²) in [5.41, 5.74) is 11.0. The van der Waals surface area contributed by atoms with Gasteiger partial charge in [-0.15, -0.1) is 11.3 Å². The highest BCUT2D eigenvalue weighted by Crippen LogP contribution is 2.42. The maximum Gasteiger partial charge on any atom is 0.0434 e. The fourth-order valence-electron chi connectivity index (χ4n) is 3.22. The second kappa shape index (κ2) is 5.35. The largest absolute Gasteiger partial charge is 0.398 e.